The molecule has 0 atom stereocenters. The molecule has 1 nitrogen and oxygen atoms in total. The Morgan fingerprint density at radius 1 is 1.38 bits per heavy atom. The number of hydrogen-bond donors (Lipinski definition) is 0. The van der Waals surface area contributed by atoms with Crippen molar-refractivity contribution in [2.24, 2.45) is 0 Å². The van der Waals surface area contributed by atoms with Gasteiger partial charge in [0.1, 0.15) is 0 Å². The van der Waals surface area contributed by atoms with Gasteiger partial charge in [0.15, 0.2) is 0 Å². The minimum atomic E-state index is 1.21. The lowest BCUT2D eigenvalue weighted by Crippen LogP contribution is -2.14. The maximum Gasteiger partial charge on any atom is 0.00662 e. The molecular formula is C6H15NS. The van der Waals surface area contributed by atoms with Gasteiger partial charge in [0.05, 0.1) is 0 Å². The molecular weight excluding hydrogens is 118 g/mol. The smallest absolute Gasteiger partial charge is 0.00662 e. The first-order valence-corrected chi connectivity index (χ1v) is 4.15. The Balaban J connectivity index is 2.72. The topological polar surface area (TPSA) is 3.24 Å². The number of nitrogens with zero attached hydrogens (tertiary/aromatic N) is 1. The van der Waals surface area contributed by atoms with Crippen molar-refractivity contribution in [3.63, 3.8) is 0 Å². The zero-order chi connectivity index (χ0) is 6.41. The highest BCUT2D eigenvalue weighted by atomic mass is 32.2. The third kappa shape index (κ3) is 6.31. The summed E-state index contributed by atoms with van der Waals surface area (Å²) in [7, 11) is 4.21. The Hall–Kier alpha value is 0.310. The van der Waals surface area contributed by atoms with Crippen LogP contribution in [0.2, 0.25) is 0 Å². The lowest BCUT2D eigenvalue weighted by molar-refractivity contribution is 0.437. The monoisotopic (exact) mass is 133 g/mol. The second-order valence-electron chi connectivity index (χ2n) is 2.00. The van der Waals surface area contributed by atoms with Crippen LogP contribution in [-0.4, -0.2) is 37.0 Å². The summed E-state index contributed by atoms with van der Waals surface area (Å²) in [4.78, 5) is 2.21. The molecule has 0 unspecified atom stereocenters. The van der Waals surface area contributed by atoms with E-state index in [2.05, 4.69) is 25.9 Å². The highest BCUT2D eigenvalue weighted by Crippen LogP contribution is 1.96. The molecule has 0 aliphatic heterocycles. The normalized spacial score (nSPS) is 10.5. The van der Waals surface area contributed by atoms with Gasteiger partial charge in [0, 0.05) is 12.3 Å². The molecule has 0 aliphatic carbocycles. The molecule has 0 radical (unpaired) electrons. The van der Waals surface area contributed by atoms with Crippen LogP contribution in [0.25, 0.3) is 0 Å². The van der Waals surface area contributed by atoms with E-state index in [-0.39, 0.29) is 0 Å². The van der Waals surface area contributed by atoms with E-state index in [0.717, 1.165) is 0 Å². The molecule has 0 N–H and O–H groups in total. The van der Waals surface area contributed by atoms with Crippen LogP contribution in [0, 0.1) is 0 Å². The lowest BCUT2D eigenvalue weighted by atomic mass is 10.7. The van der Waals surface area contributed by atoms with Gasteiger partial charge in [-0.05, 0) is 19.8 Å². The minimum Gasteiger partial charge on any atom is -0.309 e. The van der Waals surface area contributed by atoms with E-state index in [9.17, 15) is 0 Å². The molecule has 0 fully saturated rings. The predicted octanol–water partition coefficient (Wildman–Crippen LogP) is 1.30. The van der Waals surface area contributed by atoms with E-state index < -0.39 is 0 Å². The van der Waals surface area contributed by atoms with Crippen LogP contribution in [-0.2, 0) is 0 Å². The SMILES string of the molecule is CCSCCN(C)C. The van der Waals surface area contributed by atoms with Crippen molar-refractivity contribution >= 4 is 11.8 Å². The molecule has 0 aromatic carbocycles. The van der Waals surface area contributed by atoms with Crippen molar-refractivity contribution in [3.8, 4) is 0 Å². The van der Waals surface area contributed by atoms with Gasteiger partial charge in [-0.25, -0.2) is 0 Å². The standard InChI is InChI=1S/C6H15NS/c1-4-8-6-5-7(2)3/h4-6H2,1-3H3. The highest BCUT2D eigenvalue weighted by molar-refractivity contribution is 7.99. The molecule has 0 aromatic rings. The zero-order valence-electron chi connectivity index (χ0n) is 5.98. The van der Waals surface area contributed by atoms with Gasteiger partial charge in [-0.3, -0.25) is 0 Å². The van der Waals surface area contributed by atoms with E-state index in [1.807, 2.05) is 11.8 Å². The largest absolute Gasteiger partial charge is 0.309 e. The Morgan fingerprint density at radius 3 is 2.38 bits per heavy atom. The Morgan fingerprint density at radius 2 is 2.00 bits per heavy atom. The van der Waals surface area contributed by atoms with Gasteiger partial charge in [-0.2, -0.15) is 11.8 Å². The van der Waals surface area contributed by atoms with Crippen molar-refractivity contribution in [3.05, 3.63) is 0 Å². The van der Waals surface area contributed by atoms with Crippen LogP contribution in [0.4, 0.5) is 0 Å². The molecule has 0 saturated heterocycles. The van der Waals surface area contributed by atoms with Crippen molar-refractivity contribution < 1.29 is 0 Å². The van der Waals surface area contributed by atoms with Crippen molar-refractivity contribution in [2.75, 3.05) is 32.1 Å². The van der Waals surface area contributed by atoms with Gasteiger partial charge in [-0.15, -0.1) is 0 Å². The van der Waals surface area contributed by atoms with E-state index >= 15 is 0 Å². The van der Waals surface area contributed by atoms with Crippen LogP contribution in [0.15, 0.2) is 0 Å². The summed E-state index contributed by atoms with van der Waals surface area (Å²) >= 11 is 1.99. The van der Waals surface area contributed by atoms with Crippen LogP contribution in [0.1, 0.15) is 6.92 Å². The van der Waals surface area contributed by atoms with E-state index in [1.165, 1.54) is 18.1 Å². The fourth-order valence-electron chi connectivity index (χ4n) is 0.391. The average Bonchev–Trinajstić information content (AvgIpc) is 1.66. The second-order valence-corrected chi connectivity index (χ2v) is 3.39. The predicted molar refractivity (Wildman–Crippen MR) is 41.6 cm³/mol. The summed E-state index contributed by atoms with van der Waals surface area (Å²) < 4.78 is 0. The summed E-state index contributed by atoms with van der Waals surface area (Å²) in [5.74, 6) is 2.51. The summed E-state index contributed by atoms with van der Waals surface area (Å²) in [6, 6.07) is 0. The van der Waals surface area contributed by atoms with Crippen LogP contribution in [0.3, 0.4) is 0 Å². The first-order valence-electron chi connectivity index (χ1n) is 3.00. The second kappa shape index (κ2) is 5.45. The summed E-state index contributed by atoms with van der Waals surface area (Å²) in [6.45, 7) is 3.40. The molecule has 0 aliphatic rings. The van der Waals surface area contributed by atoms with E-state index in [1.54, 1.807) is 0 Å². The molecule has 0 rings (SSSR count). The van der Waals surface area contributed by atoms with Crippen molar-refractivity contribution in [1.82, 2.24) is 4.90 Å². The van der Waals surface area contributed by atoms with Crippen LogP contribution >= 0.6 is 11.8 Å². The van der Waals surface area contributed by atoms with Gasteiger partial charge in [-0.1, -0.05) is 6.92 Å². The quantitative estimate of drug-likeness (QED) is 0.532. The van der Waals surface area contributed by atoms with Gasteiger partial charge in [0.2, 0.25) is 0 Å². The molecule has 8 heavy (non-hydrogen) atoms. The third-order valence-corrected chi connectivity index (χ3v) is 1.77. The number of rotatable bonds is 4. The lowest BCUT2D eigenvalue weighted by Gasteiger charge is -2.06. The maximum absolute atomic E-state index is 2.21. The molecule has 2 heteroatoms. The van der Waals surface area contributed by atoms with E-state index in [0.29, 0.717) is 0 Å². The minimum absolute atomic E-state index is 1.21. The molecule has 0 aromatic heterocycles. The maximum atomic E-state index is 2.21. The van der Waals surface area contributed by atoms with Crippen LogP contribution < -0.4 is 0 Å². The van der Waals surface area contributed by atoms with Crippen LogP contribution in [0.5, 0.6) is 0 Å². The first-order chi connectivity index (χ1) is 3.77. The number of thioether (sulfide) groups is 1. The molecule has 0 saturated carbocycles. The average molecular weight is 133 g/mol. The molecule has 0 bridgehead atoms. The first kappa shape index (κ1) is 8.31. The molecule has 0 heterocycles. The fraction of sp³-hybridized carbons (Fsp3) is 1.00. The van der Waals surface area contributed by atoms with E-state index in [4.69, 9.17) is 0 Å². The summed E-state index contributed by atoms with van der Waals surface area (Å²) in [5, 5.41) is 0. The summed E-state index contributed by atoms with van der Waals surface area (Å²) in [6.07, 6.45) is 0. The third-order valence-electron chi connectivity index (χ3n) is 0.887. The Kier molecular flexibility index (Phi) is 5.66. The Labute approximate surface area is 56.4 Å². The number of hydrogen-bond acceptors (Lipinski definition) is 2. The van der Waals surface area contributed by atoms with Crippen molar-refractivity contribution in [1.29, 1.82) is 0 Å². The fourth-order valence-corrected chi connectivity index (χ4v) is 1.17. The highest BCUT2D eigenvalue weighted by Gasteiger charge is 1.86. The Bertz CT molecular complexity index is 45.8. The van der Waals surface area contributed by atoms with Gasteiger partial charge >= 0.3 is 0 Å². The zero-order valence-corrected chi connectivity index (χ0v) is 6.79. The summed E-state index contributed by atoms with van der Waals surface area (Å²) in [5.41, 5.74) is 0. The van der Waals surface area contributed by atoms with Crippen molar-refractivity contribution in [2.45, 2.75) is 6.92 Å². The molecule has 0 amide bonds. The molecule has 50 valence electrons. The van der Waals surface area contributed by atoms with Gasteiger partial charge < -0.3 is 4.90 Å². The van der Waals surface area contributed by atoms with Gasteiger partial charge in [0.25, 0.3) is 0 Å². The molecule has 0 spiro atoms.